The zero-order chi connectivity index (χ0) is 19.2. The van der Waals surface area contributed by atoms with Gasteiger partial charge < -0.3 is 4.74 Å². The molecule has 0 aliphatic carbocycles. The van der Waals surface area contributed by atoms with Gasteiger partial charge in [0.25, 0.3) is 0 Å². The van der Waals surface area contributed by atoms with Crippen LogP contribution in [0.2, 0.25) is 0 Å². The van der Waals surface area contributed by atoms with E-state index in [1.54, 1.807) is 19.9 Å². The van der Waals surface area contributed by atoms with Crippen LogP contribution in [0.4, 0.5) is 0 Å². The number of benzene rings is 2. The summed E-state index contributed by atoms with van der Waals surface area (Å²) in [4.78, 5) is 12.2. The molecule has 0 spiro atoms. The third kappa shape index (κ3) is 5.03. The van der Waals surface area contributed by atoms with Crippen LogP contribution in [0.1, 0.15) is 29.8 Å². The molecule has 0 saturated heterocycles. The van der Waals surface area contributed by atoms with Crippen LogP contribution in [0.3, 0.4) is 0 Å². The maximum atomic E-state index is 12.5. The van der Waals surface area contributed by atoms with Gasteiger partial charge in [0.2, 0.25) is 10.0 Å². The molecule has 138 valence electrons. The lowest BCUT2D eigenvalue weighted by Crippen LogP contribution is -2.33. The van der Waals surface area contributed by atoms with Crippen LogP contribution in [0.25, 0.3) is 6.08 Å². The van der Waals surface area contributed by atoms with Crippen molar-refractivity contribution in [2.45, 2.75) is 24.8 Å². The highest BCUT2D eigenvalue weighted by Crippen LogP contribution is 2.18. The van der Waals surface area contributed by atoms with Gasteiger partial charge in [-0.1, -0.05) is 42.5 Å². The molecule has 0 bridgehead atoms. The van der Waals surface area contributed by atoms with Gasteiger partial charge in [-0.3, -0.25) is 0 Å². The van der Waals surface area contributed by atoms with E-state index >= 15 is 0 Å². The second-order valence-corrected chi connectivity index (χ2v) is 8.05. The summed E-state index contributed by atoms with van der Waals surface area (Å²) in [6, 6.07) is 15.4. The van der Waals surface area contributed by atoms with E-state index in [1.165, 1.54) is 35.6 Å². The van der Waals surface area contributed by atoms with Gasteiger partial charge in [0.05, 0.1) is 10.5 Å². The second kappa shape index (κ2) is 8.78. The van der Waals surface area contributed by atoms with Crippen LogP contribution in [0.15, 0.2) is 65.6 Å². The van der Waals surface area contributed by atoms with Crippen molar-refractivity contribution in [3.8, 4) is 0 Å². The lowest BCUT2D eigenvalue weighted by molar-refractivity contribution is 0.0550. The number of nitrogens with zero attached hydrogens (tertiary/aromatic N) is 1. The van der Waals surface area contributed by atoms with Gasteiger partial charge in [0.1, 0.15) is 6.61 Å². The number of ether oxygens (including phenoxy) is 1. The molecule has 6 heteroatoms. The fourth-order valence-corrected chi connectivity index (χ4v) is 3.60. The Morgan fingerprint density at radius 2 is 1.81 bits per heavy atom. The number of carbonyl (C=O) groups excluding carboxylic acids is 1. The summed E-state index contributed by atoms with van der Waals surface area (Å²) in [5, 5.41) is 0. The normalized spacial score (nSPS) is 12.0. The zero-order valence-corrected chi connectivity index (χ0v) is 15.9. The fourth-order valence-electron chi connectivity index (χ4n) is 2.18. The number of esters is 1. The summed E-state index contributed by atoms with van der Waals surface area (Å²) >= 11 is 0. The molecule has 0 aliphatic rings. The number of hydrogen-bond donors (Lipinski definition) is 0. The third-order valence-electron chi connectivity index (χ3n) is 3.89. The maximum absolute atomic E-state index is 12.5. The zero-order valence-electron chi connectivity index (χ0n) is 15.1. The lowest BCUT2D eigenvalue weighted by Gasteiger charge is -2.21. The first-order chi connectivity index (χ1) is 12.3. The van der Waals surface area contributed by atoms with Gasteiger partial charge >= 0.3 is 5.97 Å². The smallest absolute Gasteiger partial charge is 0.338 e. The molecule has 26 heavy (non-hydrogen) atoms. The Morgan fingerprint density at radius 1 is 1.12 bits per heavy atom. The van der Waals surface area contributed by atoms with E-state index in [2.05, 4.69) is 0 Å². The van der Waals surface area contributed by atoms with Gasteiger partial charge in [0.15, 0.2) is 0 Å². The van der Waals surface area contributed by atoms with Crippen molar-refractivity contribution in [3.63, 3.8) is 0 Å². The number of rotatable bonds is 7. The minimum absolute atomic E-state index is 0.0722. The minimum Gasteiger partial charge on any atom is -0.458 e. The fraction of sp³-hybridized carbons (Fsp3) is 0.250. The van der Waals surface area contributed by atoms with E-state index in [0.29, 0.717) is 0 Å². The lowest BCUT2D eigenvalue weighted by atomic mass is 10.2. The number of hydrogen-bond acceptors (Lipinski definition) is 4. The number of carbonyl (C=O) groups is 1. The van der Waals surface area contributed by atoms with Crippen LogP contribution in [0, 0.1) is 0 Å². The molecule has 2 aromatic carbocycles. The van der Waals surface area contributed by atoms with E-state index in [-0.39, 0.29) is 23.1 Å². The molecule has 0 saturated carbocycles. The molecule has 0 heterocycles. The first-order valence-corrected chi connectivity index (χ1v) is 9.73. The molecule has 0 N–H and O–H groups in total. The first kappa shape index (κ1) is 19.9. The Bertz CT molecular complexity index is 874. The maximum Gasteiger partial charge on any atom is 0.338 e. The van der Waals surface area contributed by atoms with Crippen molar-refractivity contribution < 1.29 is 17.9 Å². The summed E-state index contributed by atoms with van der Waals surface area (Å²) in [5.41, 5.74) is 1.21. The molecule has 0 radical (unpaired) electrons. The van der Waals surface area contributed by atoms with E-state index in [9.17, 15) is 13.2 Å². The molecule has 0 fully saturated rings. The van der Waals surface area contributed by atoms with E-state index in [4.69, 9.17) is 4.74 Å². The highest BCUT2D eigenvalue weighted by Gasteiger charge is 2.24. The van der Waals surface area contributed by atoms with Gasteiger partial charge in [-0.15, -0.1) is 0 Å². The Morgan fingerprint density at radius 3 is 2.46 bits per heavy atom. The topological polar surface area (TPSA) is 63.7 Å². The SMILES string of the molecule is CC(C)N(C)S(=O)(=O)c1cccc(C(=O)OCC=Cc2ccccc2)c1. The molecular formula is C20H23NO4S. The molecule has 2 aromatic rings. The quantitative estimate of drug-likeness (QED) is 0.696. The Labute approximate surface area is 155 Å². The van der Waals surface area contributed by atoms with Crippen molar-refractivity contribution in [3.05, 3.63) is 71.8 Å². The third-order valence-corrected chi connectivity index (χ3v) is 5.92. The van der Waals surface area contributed by atoms with Crippen LogP contribution >= 0.6 is 0 Å². The summed E-state index contributed by atoms with van der Waals surface area (Å²) in [5.74, 6) is -0.563. The standard InChI is InChI=1S/C20H23NO4S/c1-16(2)21(3)26(23,24)19-13-7-12-18(15-19)20(22)25-14-8-11-17-9-5-4-6-10-17/h4-13,15-16H,14H2,1-3H3. The van der Waals surface area contributed by atoms with Gasteiger partial charge in [0, 0.05) is 13.1 Å². The van der Waals surface area contributed by atoms with Gasteiger partial charge in [-0.05, 0) is 43.7 Å². The van der Waals surface area contributed by atoms with Crippen LogP contribution < -0.4 is 0 Å². The Balaban J connectivity index is 2.05. The van der Waals surface area contributed by atoms with Crippen molar-refractivity contribution in [1.29, 1.82) is 0 Å². The summed E-state index contributed by atoms with van der Waals surface area (Å²) in [7, 11) is -2.13. The van der Waals surface area contributed by atoms with Gasteiger partial charge in [-0.2, -0.15) is 4.31 Å². The van der Waals surface area contributed by atoms with Crippen molar-refractivity contribution >= 4 is 22.1 Å². The molecule has 5 nitrogen and oxygen atoms in total. The second-order valence-electron chi connectivity index (χ2n) is 6.05. The molecule has 0 amide bonds. The largest absolute Gasteiger partial charge is 0.458 e. The predicted molar refractivity (Wildman–Crippen MR) is 102 cm³/mol. The average Bonchev–Trinajstić information content (AvgIpc) is 2.65. The first-order valence-electron chi connectivity index (χ1n) is 8.29. The summed E-state index contributed by atoms with van der Waals surface area (Å²) in [6.07, 6.45) is 3.59. The molecule has 0 atom stereocenters. The van der Waals surface area contributed by atoms with Crippen LogP contribution in [0.5, 0.6) is 0 Å². The van der Waals surface area contributed by atoms with Crippen molar-refractivity contribution in [1.82, 2.24) is 4.31 Å². The highest BCUT2D eigenvalue weighted by molar-refractivity contribution is 7.89. The molecule has 2 rings (SSSR count). The van der Waals surface area contributed by atoms with E-state index in [0.717, 1.165) is 5.56 Å². The monoisotopic (exact) mass is 373 g/mol. The Kier molecular flexibility index (Phi) is 6.71. The Hall–Kier alpha value is -2.44. The van der Waals surface area contributed by atoms with Crippen LogP contribution in [-0.2, 0) is 14.8 Å². The minimum atomic E-state index is -3.64. The van der Waals surface area contributed by atoms with Gasteiger partial charge in [-0.25, -0.2) is 13.2 Å². The predicted octanol–water partition coefficient (Wildman–Crippen LogP) is 3.59. The van der Waals surface area contributed by atoms with E-state index < -0.39 is 16.0 Å². The molecule has 0 unspecified atom stereocenters. The highest BCUT2D eigenvalue weighted by atomic mass is 32.2. The summed E-state index contributed by atoms with van der Waals surface area (Å²) in [6.45, 7) is 3.68. The van der Waals surface area contributed by atoms with E-state index in [1.807, 2.05) is 36.4 Å². The number of sulfonamides is 1. The van der Waals surface area contributed by atoms with Crippen molar-refractivity contribution in [2.24, 2.45) is 0 Å². The van der Waals surface area contributed by atoms with Crippen LogP contribution in [-0.4, -0.2) is 38.4 Å². The molecular weight excluding hydrogens is 350 g/mol. The average molecular weight is 373 g/mol. The molecule has 0 aliphatic heterocycles. The van der Waals surface area contributed by atoms with Crippen molar-refractivity contribution in [2.75, 3.05) is 13.7 Å². The summed E-state index contributed by atoms with van der Waals surface area (Å²) < 4.78 is 31.5. The molecule has 0 aromatic heterocycles.